The van der Waals surface area contributed by atoms with Gasteiger partial charge in [0.15, 0.2) is 5.69 Å². The molecule has 0 aliphatic carbocycles. The Kier molecular flexibility index (Phi) is 4.78. The molecule has 3 N–H and O–H groups in total. The third-order valence-corrected chi connectivity index (χ3v) is 4.81. The van der Waals surface area contributed by atoms with Gasteiger partial charge in [0.2, 0.25) is 5.88 Å². The zero-order valence-corrected chi connectivity index (χ0v) is 16.2. The summed E-state index contributed by atoms with van der Waals surface area (Å²) in [6.45, 7) is 3.72. The largest absolute Gasteiger partial charge is 0.505 e. The molecule has 1 heterocycles. The summed E-state index contributed by atoms with van der Waals surface area (Å²) in [6.07, 6.45) is 0. The topological polar surface area (TPSA) is 90.3 Å². The number of aryl methyl sites for hydroxylation is 2. The fourth-order valence-corrected chi connectivity index (χ4v) is 3.54. The second-order valence-electron chi connectivity index (χ2n) is 7.01. The lowest BCUT2D eigenvalue weighted by molar-refractivity contribution is 0.275. The summed E-state index contributed by atoms with van der Waals surface area (Å²) in [4.78, 5) is 0. The van der Waals surface area contributed by atoms with Crippen molar-refractivity contribution in [2.75, 3.05) is 0 Å². The van der Waals surface area contributed by atoms with Gasteiger partial charge in [-0.05, 0) is 49.2 Å². The van der Waals surface area contributed by atoms with Crippen LogP contribution in [0.25, 0.3) is 16.6 Å². The van der Waals surface area contributed by atoms with E-state index in [0.717, 1.165) is 27.7 Å². The van der Waals surface area contributed by atoms with Crippen LogP contribution in [0.15, 0.2) is 70.9 Å². The van der Waals surface area contributed by atoms with E-state index in [2.05, 4.69) is 16.3 Å². The van der Waals surface area contributed by atoms with E-state index in [1.165, 1.54) is 0 Å². The number of nitrogens with zero attached hydrogens (tertiary/aromatic N) is 3. The first-order valence-corrected chi connectivity index (χ1v) is 9.24. The first-order chi connectivity index (χ1) is 14.0. The molecule has 0 fully saturated rings. The number of hydrogen-bond donors (Lipinski definition) is 3. The maximum absolute atomic E-state index is 11.0. The number of fused-ring (bicyclic) bond motifs is 1. The van der Waals surface area contributed by atoms with Crippen LogP contribution in [0.5, 0.6) is 11.6 Å². The van der Waals surface area contributed by atoms with Crippen molar-refractivity contribution in [1.82, 2.24) is 4.57 Å². The lowest BCUT2D eigenvalue weighted by Gasteiger charge is -2.09. The Hall–Kier alpha value is -3.64. The molecule has 0 saturated heterocycles. The monoisotopic (exact) mass is 387 g/mol. The summed E-state index contributed by atoms with van der Waals surface area (Å²) in [6, 6.07) is 18.5. The van der Waals surface area contributed by atoms with Crippen molar-refractivity contribution in [3.05, 3.63) is 77.4 Å². The molecule has 6 heteroatoms. The van der Waals surface area contributed by atoms with E-state index in [4.69, 9.17) is 0 Å². The van der Waals surface area contributed by atoms with Gasteiger partial charge in [0.1, 0.15) is 11.4 Å². The molecule has 0 amide bonds. The summed E-state index contributed by atoms with van der Waals surface area (Å²) in [5, 5.41) is 39.6. The quantitative estimate of drug-likeness (QED) is 0.400. The Morgan fingerprint density at radius 2 is 1.59 bits per heavy atom. The van der Waals surface area contributed by atoms with Crippen molar-refractivity contribution in [2.24, 2.45) is 10.2 Å². The van der Waals surface area contributed by atoms with Crippen molar-refractivity contribution < 1.29 is 15.3 Å². The second-order valence-corrected chi connectivity index (χ2v) is 7.01. The maximum atomic E-state index is 11.0. The number of rotatable bonds is 4. The van der Waals surface area contributed by atoms with Crippen LogP contribution >= 0.6 is 0 Å². The molecule has 0 atom stereocenters. The third-order valence-electron chi connectivity index (χ3n) is 4.81. The van der Waals surface area contributed by atoms with E-state index in [9.17, 15) is 15.3 Å². The van der Waals surface area contributed by atoms with Crippen LogP contribution in [-0.2, 0) is 6.61 Å². The number of para-hydroxylation sites is 2. The van der Waals surface area contributed by atoms with E-state index in [1.54, 1.807) is 22.8 Å². The Bertz CT molecular complexity index is 1220. The van der Waals surface area contributed by atoms with E-state index >= 15 is 0 Å². The van der Waals surface area contributed by atoms with Gasteiger partial charge in [-0.15, -0.1) is 10.2 Å². The zero-order valence-electron chi connectivity index (χ0n) is 16.2. The number of aliphatic hydroxyl groups is 1. The van der Waals surface area contributed by atoms with E-state index in [0.29, 0.717) is 11.3 Å². The predicted octanol–water partition coefficient (Wildman–Crippen LogP) is 5.57. The average Bonchev–Trinajstić information content (AvgIpc) is 2.98. The molecular formula is C23H21N3O3. The standard InChI is InChI=1S/C23H21N3O3/c1-14-10-15(2)12-17(11-14)26-20-9-4-3-7-18(20)21(23(26)29)25-24-19-8-5-6-16(13-27)22(19)28/h3-12,27-29H,13H2,1-2H3. The molecule has 0 spiro atoms. The van der Waals surface area contributed by atoms with E-state index < -0.39 is 0 Å². The van der Waals surface area contributed by atoms with Gasteiger partial charge in [0.05, 0.1) is 12.1 Å². The van der Waals surface area contributed by atoms with Crippen molar-refractivity contribution in [2.45, 2.75) is 20.5 Å². The lowest BCUT2D eigenvalue weighted by Crippen LogP contribution is -1.94. The molecular weight excluding hydrogens is 366 g/mol. The van der Waals surface area contributed by atoms with Gasteiger partial charge >= 0.3 is 0 Å². The highest BCUT2D eigenvalue weighted by Gasteiger charge is 2.18. The number of phenols is 1. The van der Waals surface area contributed by atoms with Gasteiger partial charge in [-0.3, -0.25) is 4.57 Å². The first kappa shape index (κ1) is 18.7. The van der Waals surface area contributed by atoms with Crippen LogP contribution in [-0.4, -0.2) is 19.9 Å². The molecule has 0 radical (unpaired) electrons. The Labute approximate surface area is 168 Å². The summed E-state index contributed by atoms with van der Waals surface area (Å²) in [5.74, 6) is -0.158. The van der Waals surface area contributed by atoms with Gasteiger partial charge in [-0.2, -0.15) is 0 Å². The highest BCUT2D eigenvalue weighted by atomic mass is 16.3. The van der Waals surface area contributed by atoms with Gasteiger partial charge in [0.25, 0.3) is 0 Å². The number of azo groups is 1. The highest BCUT2D eigenvalue weighted by molar-refractivity contribution is 5.96. The average molecular weight is 387 g/mol. The number of benzene rings is 3. The predicted molar refractivity (Wildman–Crippen MR) is 113 cm³/mol. The molecule has 1 aromatic heterocycles. The molecule has 0 aliphatic heterocycles. The summed E-state index contributed by atoms with van der Waals surface area (Å²) in [7, 11) is 0. The van der Waals surface area contributed by atoms with E-state index in [1.807, 2.05) is 50.2 Å². The van der Waals surface area contributed by atoms with Crippen LogP contribution in [0.2, 0.25) is 0 Å². The number of aromatic nitrogens is 1. The minimum absolute atomic E-state index is 0.0299. The molecule has 0 saturated carbocycles. The van der Waals surface area contributed by atoms with E-state index in [-0.39, 0.29) is 23.9 Å². The minimum atomic E-state index is -0.299. The molecule has 0 bridgehead atoms. The van der Waals surface area contributed by atoms with Crippen LogP contribution in [0.3, 0.4) is 0 Å². The highest BCUT2D eigenvalue weighted by Crippen LogP contribution is 2.42. The van der Waals surface area contributed by atoms with Crippen molar-refractivity contribution in [3.63, 3.8) is 0 Å². The van der Waals surface area contributed by atoms with Crippen LogP contribution in [0.4, 0.5) is 11.4 Å². The SMILES string of the molecule is Cc1cc(C)cc(-n2c(O)c(N=Nc3cccc(CO)c3O)c3ccccc32)c1. The summed E-state index contributed by atoms with van der Waals surface area (Å²) >= 11 is 0. The van der Waals surface area contributed by atoms with Crippen molar-refractivity contribution >= 4 is 22.3 Å². The second kappa shape index (κ2) is 7.41. The fourth-order valence-electron chi connectivity index (χ4n) is 3.54. The molecule has 29 heavy (non-hydrogen) atoms. The molecule has 0 aliphatic rings. The van der Waals surface area contributed by atoms with Gasteiger partial charge in [0, 0.05) is 16.6 Å². The number of aliphatic hydroxyl groups excluding tert-OH is 1. The van der Waals surface area contributed by atoms with Crippen molar-refractivity contribution in [1.29, 1.82) is 0 Å². The van der Waals surface area contributed by atoms with Crippen molar-refractivity contribution in [3.8, 4) is 17.3 Å². The van der Waals surface area contributed by atoms with Crippen LogP contribution in [0, 0.1) is 13.8 Å². The molecule has 0 unspecified atom stereocenters. The Balaban J connectivity index is 1.90. The van der Waals surface area contributed by atoms with Gasteiger partial charge in [-0.1, -0.05) is 36.4 Å². The van der Waals surface area contributed by atoms with Gasteiger partial charge in [-0.25, -0.2) is 0 Å². The lowest BCUT2D eigenvalue weighted by atomic mass is 10.1. The molecule has 6 nitrogen and oxygen atoms in total. The molecule has 3 aromatic carbocycles. The molecule has 4 rings (SSSR count). The Morgan fingerprint density at radius 3 is 2.31 bits per heavy atom. The Morgan fingerprint density at radius 1 is 0.862 bits per heavy atom. The summed E-state index contributed by atoms with van der Waals surface area (Å²) < 4.78 is 1.74. The fraction of sp³-hybridized carbons (Fsp3) is 0.130. The number of aromatic hydroxyl groups is 2. The summed E-state index contributed by atoms with van der Waals surface area (Å²) in [5.41, 5.74) is 4.72. The molecule has 146 valence electrons. The van der Waals surface area contributed by atoms with Crippen LogP contribution in [0.1, 0.15) is 16.7 Å². The minimum Gasteiger partial charge on any atom is -0.505 e. The first-order valence-electron chi connectivity index (χ1n) is 9.24. The third kappa shape index (κ3) is 3.34. The number of hydrogen-bond acceptors (Lipinski definition) is 5. The smallest absolute Gasteiger partial charge is 0.225 e. The van der Waals surface area contributed by atoms with Crippen LogP contribution < -0.4 is 0 Å². The maximum Gasteiger partial charge on any atom is 0.225 e. The normalized spacial score (nSPS) is 11.6. The molecule has 4 aromatic rings. The zero-order chi connectivity index (χ0) is 20.5. The van der Waals surface area contributed by atoms with Gasteiger partial charge < -0.3 is 15.3 Å².